The van der Waals surface area contributed by atoms with Gasteiger partial charge in [0.05, 0.1) is 26.9 Å². The summed E-state index contributed by atoms with van der Waals surface area (Å²) in [6.07, 6.45) is 4.33. The summed E-state index contributed by atoms with van der Waals surface area (Å²) in [5.41, 5.74) is 11.7. The molecule has 402 valence electrons. The number of benzene rings is 6. The lowest BCUT2D eigenvalue weighted by atomic mass is 9.96. The highest BCUT2D eigenvalue weighted by Crippen LogP contribution is 2.40. The molecule has 0 unspecified atom stereocenters. The number of rotatable bonds is 7. The second kappa shape index (κ2) is 29.3. The molecule has 0 fully saturated rings. The van der Waals surface area contributed by atoms with Gasteiger partial charge in [-0.3, -0.25) is 0 Å². The number of methoxy groups -OCH3 is 1. The van der Waals surface area contributed by atoms with Gasteiger partial charge in [0.1, 0.15) is 36.2 Å². The second-order valence-corrected chi connectivity index (χ2v) is 22.1. The number of hydrogen-bond donors (Lipinski definition) is 1. The highest BCUT2D eigenvalue weighted by atomic mass is 32.2. The van der Waals surface area contributed by atoms with Crippen LogP contribution >= 0.6 is 11.8 Å². The summed E-state index contributed by atoms with van der Waals surface area (Å²) >= 11 is 1.90. The average Bonchev–Trinajstić information content (AvgIpc) is 3.93. The Morgan fingerprint density at radius 3 is 1.63 bits per heavy atom. The predicted molar refractivity (Wildman–Crippen MR) is 313 cm³/mol. The number of H-pyrrole nitrogens is 1. The van der Waals surface area contributed by atoms with Crippen molar-refractivity contribution in [2.45, 2.75) is 143 Å². The van der Waals surface area contributed by atoms with E-state index in [9.17, 15) is 0 Å². The van der Waals surface area contributed by atoms with Crippen molar-refractivity contribution in [3.63, 3.8) is 0 Å². The molecule has 0 spiro atoms. The summed E-state index contributed by atoms with van der Waals surface area (Å²) in [7, 11) is 1.71. The number of aryl methyl sites for hydroxylation is 1. The summed E-state index contributed by atoms with van der Waals surface area (Å²) in [6, 6.07) is 41.9. The first kappa shape index (κ1) is 58.2. The molecule has 4 aliphatic heterocycles. The zero-order valence-corrected chi connectivity index (χ0v) is 48.0. The van der Waals surface area contributed by atoms with Crippen LogP contribution in [0.15, 0.2) is 132 Å². The van der Waals surface area contributed by atoms with Crippen LogP contribution in [-0.2, 0) is 17.8 Å². The van der Waals surface area contributed by atoms with Crippen molar-refractivity contribution in [1.29, 1.82) is 0 Å². The predicted octanol–water partition coefficient (Wildman–Crippen LogP) is 17.8. The molecule has 1 N–H and O–H groups in total. The van der Waals surface area contributed by atoms with Gasteiger partial charge < -0.3 is 38.1 Å². The maximum Gasteiger partial charge on any atom is 0.189 e. The Balaban J connectivity index is 0.000000146. The molecular weight excluding hydrogens is 951 g/mol. The molecule has 8 nitrogen and oxygen atoms in total. The Bertz CT molecular complexity index is 2570. The standard InChI is InChI=1S/C12H16O.C11H13N.2C11H14O2.C11H14OS.C10H14O/c1-9(2)11-7-3-5-10-6-4-8-13-12(10)11;1-8(2)9-4-3-5-11-10(9)6-7-12-11;1-8(2)10-5-3-4-9-6-12-7-13-11(9)10;1-8(2)9-4-3-5-10-11(9)13-7-6-12-10;1-8(2)9-4-3-5-10-11(9)12-6-7-13-10;1-8(2)9-6-4-5-7-10(9)11-3/h3,5,7,9H,4,6,8H2,1-2H3;3-8,12H,1-2H3;3*3-5,8H,6-7H2,1-2H3;4-8H,1-3H3. The summed E-state index contributed by atoms with van der Waals surface area (Å²) < 4.78 is 38.4. The monoisotopic (exact) mass is 1040 g/mol. The van der Waals surface area contributed by atoms with Crippen LogP contribution in [0.4, 0.5) is 0 Å². The van der Waals surface area contributed by atoms with E-state index in [1.54, 1.807) is 7.11 Å². The highest BCUT2D eigenvalue weighted by molar-refractivity contribution is 7.99. The third-order valence-electron chi connectivity index (χ3n) is 13.3. The van der Waals surface area contributed by atoms with E-state index in [4.69, 9.17) is 33.2 Å². The quantitative estimate of drug-likeness (QED) is 0.169. The van der Waals surface area contributed by atoms with Gasteiger partial charge in [-0.25, -0.2) is 0 Å². The maximum absolute atomic E-state index is 5.72. The number of ether oxygens (including phenoxy) is 7. The molecular formula is C66H85NO7S. The first-order valence-electron chi connectivity index (χ1n) is 27.2. The zero-order valence-electron chi connectivity index (χ0n) is 47.2. The number of para-hydroxylation sites is 5. The van der Waals surface area contributed by atoms with Gasteiger partial charge in [-0.1, -0.05) is 174 Å². The molecule has 4 aliphatic rings. The molecule has 5 heterocycles. The Morgan fingerprint density at radius 1 is 0.453 bits per heavy atom. The summed E-state index contributed by atoms with van der Waals surface area (Å²) in [6.45, 7) is 30.4. The number of aromatic nitrogens is 1. The van der Waals surface area contributed by atoms with Crippen LogP contribution in [0.25, 0.3) is 10.9 Å². The van der Waals surface area contributed by atoms with Crippen LogP contribution in [0.5, 0.6) is 34.5 Å². The number of aromatic amines is 1. The van der Waals surface area contributed by atoms with E-state index in [-0.39, 0.29) is 0 Å². The minimum absolute atomic E-state index is 0.386. The Hall–Kier alpha value is -6.03. The van der Waals surface area contributed by atoms with Gasteiger partial charge in [0.25, 0.3) is 0 Å². The minimum atomic E-state index is 0.386. The molecule has 75 heavy (non-hydrogen) atoms. The molecule has 0 atom stereocenters. The topological polar surface area (TPSA) is 80.4 Å². The van der Waals surface area contributed by atoms with E-state index in [0.717, 1.165) is 65.4 Å². The largest absolute Gasteiger partial charge is 0.496 e. The van der Waals surface area contributed by atoms with Gasteiger partial charge in [0.15, 0.2) is 18.3 Å². The third kappa shape index (κ3) is 16.2. The van der Waals surface area contributed by atoms with Crippen molar-refractivity contribution >= 4 is 22.7 Å². The van der Waals surface area contributed by atoms with Crippen molar-refractivity contribution in [2.75, 3.05) is 46.1 Å². The lowest BCUT2D eigenvalue weighted by Gasteiger charge is -2.22. The molecule has 0 saturated carbocycles. The minimum Gasteiger partial charge on any atom is -0.496 e. The fraction of sp³-hybridized carbons (Fsp3) is 0.424. The molecule has 0 saturated heterocycles. The number of hydrogen-bond acceptors (Lipinski definition) is 8. The Kier molecular flexibility index (Phi) is 22.8. The fourth-order valence-electron chi connectivity index (χ4n) is 9.33. The SMILES string of the molecule is CC(C)c1cccc2[nH]ccc12.CC(C)c1cccc2c1OCCC2.CC(C)c1cccc2c1OCCO2.CC(C)c1cccc2c1OCCS2.CC(C)c1cccc2c1OCOC2.COc1ccccc1C(C)C. The molecule has 6 aromatic carbocycles. The second-order valence-electron chi connectivity index (χ2n) is 20.9. The van der Waals surface area contributed by atoms with Crippen molar-refractivity contribution < 1.29 is 33.2 Å². The molecule has 0 aliphatic carbocycles. The van der Waals surface area contributed by atoms with Gasteiger partial charge in [-0.05, 0) is 112 Å². The molecule has 9 heteroatoms. The van der Waals surface area contributed by atoms with Crippen LogP contribution in [0, 0.1) is 0 Å². The Labute approximate surface area is 454 Å². The normalized spacial score (nSPS) is 13.8. The van der Waals surface area contributed by atoms with Crippen molar-refractivity contribution in [3.8, 4) is 34.5 Å². The van der Waals surface area contributed by atoms with Gasteiger partial charge in [0, 0.05) is 38.9 Å². The smallest absolute Gasteiger partial charge is 0.189 e. The van der Waals surface area contributed by atoms with Gasteiger partial charge in [-0.2, -0.15) is 0 Å². The maximum atomic E-state index is 5.72. The Morgan fingerprint density at radius 2 is 0.973 bits per heavy atom. The summed E-state index contributed by atoms with van der Waals surface area (Å²) in [4.78, 5) is 4.52. The first-order chi connectivity index (χ1) is 36.2. The van der Waals surface area contributed by atoms with E-state index in [0.29, 0.717) is 62.1 Å². The molecule has 1 aromatic heterocycles. The summed E-state index contributed by atoms with van der Waals surface area (Å²) in [5, 5.41) is 1.35. The number of nitrogens with one attached hydrogen (secondary N) is 1. The van der Waals surface area contributed by atoms with Crippen molar-refractivity contribution in [3.05, 3.63) is 172 Å². The van der Waals surface area contributed by atoms with E-state index in [2.05, 4.69) is 179 Å². The van der Waals surface area contributed by atoms with E-state index in [1.165, 1.54) is 61.2 Å². The fourth-order valence-corrected chi connectivity index (χ4v) is 10.2. The molecule has 0 bridgehead atoms. The number of thioether (sulfide) groups is 1. The highest BCUT2D eigenvalue weighted by Gasteiger charge is 2.20. The molecule has 7 aromatic rings. The lowest BCUT2D eigenvalue weighted by molar-refractivity contribution is -0.0171. The molecule has 0 amide bonds. The van der Waals surface area contributed by atoms with Crippen LogP contribution in [-0.4, -0.2) is 51.1 Å². The van der Waals surface area contributed by atoms with Crippen LogP contribution < -0.4 is 28.4 Å². The van der Waals surface area contributed by atoms with Gasteiger partial charge in [-0.15, -0.1) is 11.8 Å². The van der Waals surface area contributed by atoms with Crippen molar-refractivity contribution in [1.82, 2.24) is 4.98 Å². The van der Waals surface area contributed by atoms with Crippen LogP contribution in [0.3, 0.4) is 0 Å². The first-order valence-corrected chi connectivity index (χ1v) is 28.2. The van der Waals surface area contributed by atoms with E-state index >= 15 is 0 Å². The van der Waals surface area contributed by atoms with E-state index < -0.39 is 0 Å². The average molecular weight is 1040 g/mol. The van der Waals surface area contributed by atoms with Crippen LogP contribution in [0.2, 0.25) is 0 Å². The lowest BCUT2D eigenvalue weighted by Crippen LogP contribution is -2.16. The van der Waals surface area contributed by atoms with Gasteiger partial charge >= 0.3 is 0 Å². The zero-order chi connectivity index (χ0) is 53.9. The van der Waals surface area contributed by atoms with Crippen LogP contribution in [0.1, 0.15) is 170 Å². The van der Waals surface area contributed by atoms with Gasteiger partial charge in [0.2, 0.25) is 0 Å². The number of fused-ring (bicyclic) bond motifs is 5. The summed E-state index contributed by atoms with van der Waals surface area (Å²) in [5.74, 6) is 10.4. The molecule has 11 rings (SSSR count). The third-order valence-corrected chi connectivity index (χ3v) is 14.3. The molecule has 0 radical (unpaired) electrons. The van der Waals surface area contributed by atoms with Crippen molar-refractivity contribution in [2.24, 2.45) is 0 Å². The van der Waals surface area contributed by atoms with E-state index in [1.807, 2.05) is 48.3 Å².